The van der Waals surface area contributed by atoms with Crippen molar-refractivity contribution in [3.8, 4) is 0 Å². The van der Waals surface area contributed by atoms with Gasteiger partial charge in [-0.25, -0.2) is 0 Å². The van der Waals surface area contributed by atoms with E-state index in [0.29, 0.717) is 0 Å². The van der Waals surface area contributed by atoms with Gasteiger partial charge in [0.05, 0.1) is 13.2 Å². The number of hydrogen-bond donors (Lipinski definition) is 1. The SMILES string of the molecule is CCOCCN(CCOCC)CCC(C)(C)N. The van der Waals surface area contributed by atoms with Gasteiger partial charge in [0.1, 0.15) is 0 Å². The third-order valence-electron chi connectivity index (χ3n) is 2.58. The normalized spacial score (nSPS) is 12.4. The number of nitrogens with two attached hydrogens (primary N) is 1. The van der Waals surface area contributed by atoms with Gasteiger partial charge in [0.25, 0.3) is 0 Å². The molecule has 0 aromatic rings. The van der Waals surface area contributed by atoms with E-state index in [1.165, 1.54) is 0 Å². The Morgan fingerprint density at radius 3 is 1.76 bits per heavy atom. The molecule has 0 aliphatic carbocycles. The molecular weight excluding hydrogens is 216 g/mol. The molecule has 0 saturated heterocycles. The maximum absolute atomic E-state index is 6.00. The number of ether oxygens (including phenoxy) is 2. The second kappa shape index (κ2) is 9.83. The highest BCUT2D eigenvalue weighted by atomic mass is 16.5. The minimum absolute atomic E-state index is 0.102. The quantitative estimate of drug-likeness (QED) is 0.561. The maximum atomic E-state index is 6.00. The fraction of sp³-hybridized carbons (Fsp3) is 1.00. The van der Waals surface area contributed by atoms with E-state index in [-0.39, 0.29) is 5.54 Å². The Balaban J connectivity index is 3.83. The van der Waals surface area contributed by atoms with Gasteiger partial charge in [-0.1, -0.05) is 0 Å². The number of nitrogens with zero attached hydrogens (tertiary/aromatic N) is 1. The standard InChI is InChI=1S/C13H30N2O2/c1-5-16-11-9-15(10-12-17-6-2)8-7-13(3,4)14/h5-12,14H2,1-4H3. The molecule has 0 aliphatic rings. The second-order valence-electron chi connectivity index (χ2n) is 4.97. The highest BCUT2D eigenvalue weighted by Crippen LogP contribution is 2.05. The predicted molar refractivity (Wildman–Crippen MR) is 72.3 cm³/mol. The van der Waals surface area contributed by atoms with Crippen molar-refractivity contribution in [3.63, 3.8) is 0 Å². The third-order valence-corrected chi connectivity index (χ3v) is 2.58. The fourth-order valence-electron chi connectivity index (χ4n) is 1.46. The van der Waals surface area contributed by atoms with Gasteiger partial charge in [-0.05, 0) is 34.1 Å². The van der Waals surface area contributed by atoms with Crippen LogP contribution in [-0.2, 0) is 9.47 Å². The first-order valence-electron chi connectivity index (χ1n) is 6.66. The molecule has 0 bridgehead atoms. The predicted octanol–water partition coefficient (Wildman–Crippen LogP) is 1.49. The Morgan fingerprint density at radius 2 is 1.41 bits per heavy atom. The smallest absolute Gasteiger partial charge is 0.0593 e. The van der Waals surface area contributed by atoms with E-state index in [1.54, 1.807) is 0 Å². The molecule has 0 aromatic heterocycles. The largest absolute Gasteiger partial charge is 0.380 e. The molecule has 0 aliphatic heterocycles. The highest BCUT2D eigenvalue weighted by molar-refractivity contribution is 4.74. The molecule has 104 valence electrons. The van der Waals surface area contributed by atoms with Crippen LogP contribution >= 0.6 is 0 Å². The Labute approximate surface area is 106 Å². The van der Waals surface area contributed by atoms with Crippen LogP contribution in [0.1, 0.15) is 34.1 Å². The van der Waals surface area contributed by atoms with Crippen LogP contribution in [0, 0.1) is 0 Å². The minimum Gasteiger partial charge on any atom is -0.380 e. The van der Waals surface area contributed by atoms with Crippen molar-refractivity contribution >= 4 is 0 Å². The van der Waals surface area contributed by atoms with Gasteiger partial charge in [0.2, 0.25) is 0 Å². The zero-order chi connectivity index (χ0) is 13.1. The summed E-state index contributed by atoms with van der Waals surface area (Å²) in [6.45, 7) is 14.2. The molecule has 0 spiro atoms. The van der Waals surface area contributed by atoms with Crippen molar-refractivity contribution in [1.29, 1.82) is 0 Å². The molecule has 0 radical (unpaired) electrons. The Bertz CT molecular complexity index is 159. The summed E-state index contributed by atoms with van der Waals surface area (Å²) in [5, 5.41) is 0. The molecule has 0 aromatic carbocycles. The summed E-state index contributed by atoms with van der Waals surface area (Å²) >= 11 is 0. The van der Waals surface area contributed by atoms with E-state index in [1.807, 2.05) is 13.8 Å². The average molecular weight is 246 g/mol. The monoisotopic (exact) mass is 246 g/mol. The molecule has 0 amide bonds. The van der Waals surface area contributed by atoms with E-state index in [0.717, 1.165) is 52.5 Å². The lowest BCUT2D eigenvalue weighted by atomic mass is 10.0. The molecule has 0 unspecified atom stereocenters. The lowest BCUT2D eigenvalue weighted by Gasteiger charge is -2.26. The van der Waals surface area contributed by atoms with Crippen LogP contribution in [0.2, 0.25) is 0 Å². The van der Waals surface area contributed by atoms with Crippen LogP contribution in [0.4, 0.5) is 0 Å². The summed E-state index contributed by atoms with van der Waals surface area (Å²) in [6, 6.07) is 0. The summed E-state index contributed by atoms with van der Waals surface area (Å²) in [7, 11) is 0. The molecule has 4 heteroatoms. The van der Waals surface area contributed by atoms with E-state index in [9.17, 15) is 0 Å². The van der Waals surface area contributed by atoms with Crippen LogP contribution in [0.15, 0.2) is 0 Å². The van der Waals surface area contributed by atoms with Crippen molar-refractivity contribution in [2.24, 2.45) is 5.73 Å². The fourth-order valence-corrected chi connectivity index (χ4v) is 1.46. The first kappa shape index (κ1) is 16.8. The average Bonchev–Trinajstić information content (AvgIpc) is 2.24. The van der Waals surface area contributed by atoms with Gasteiger partial charge in [-0.3, -0.25) is 4.90 Å². The Morgan fingerprint density at radius 1 is 0.941 bits per heavy atom. The second-order valence-corrected chi connectivity index (χ2v) is 4.97. The van der Waals surface area contributed by atoms with Gasteiger partial charge in [0.15, 0.2) is 0 Å². The van der Waals surface area contributed by atoms with Crippen molar-refractivity contribution in [1.82, 2.24) is 4.90 Å². The third kappa shape index (κ3) is 12.1. The molecule has 0 atom stereocenters. The molecular formula is C13H30N2O2. The van der Waals surface area contributed by atoms with Crippen molar-refractivity contribution in [2.45, 2.75) is 39.7 Å². The summed E-state index contributed by atoms with van der Waals surface area (Å²) in [5.74, 6) is 0. The van der Waals surface area contributed by atoms with Crippen LogP contribution in [0.3, 0.4) is 0 Å². The van der Waals surface area contributed by atoms with Crippen LogP contribution in [0.25, 0.3) is 0 Å². The highest BCUT2D eigenvalue weighted by Gasteiger charge is 2.13. The molecule has 2 N–H and O–H groups in total. The van der Waals surface area contributed by atoms with E-state index in [4.69, 9.17) is 15.2 Å². The lowest BCUT2D eigenvalue weighted by Crippen LogP contribution is -2.39. The van der Waals surface area contributed by atoms with Gasteiger partial charge >= 0.3 is 0 Å². The van der Waals surface area contributed by atoms with E-state index < -0.39 is 0 Å². The molecule has 4 nitrogen and oxygen atoms in total. The van der Waals surface area contributed by atoms with Crippen molar-refractivity contribution in [3.05, 3.63) is 0 Å². The zero-order valence-corrected chi connectivity index (χ0v) is 12.0. The topological polar surface area (TPSA) is 47.7 Å². The van der Waals surface area contributed by atoms with E-state index >= 15 is 0 Å². The Hall–Kier alpha value is -0.160. The molecule has 0 heterocycles. The van der Waals surface area contributed by atoms with Crippen LogP contribution in [-0.4, -0.2) is 56.5 Å². The Kier molecular flexibility index (Phi) is 9.74. The van der Waals surface area contributed by atoms with Gasteiger partial charge in [-0.2, -0.15) is 0 Å². The summed E-state index contributed by atoms with van der Waals surface area (Å²) in [6.07, 6.45) is 0.991. The maximum Gasteiger partial charge on any atom is 0.0593 e. The first-order valence-corrected chi connectivity index (χ1v) is 6.66. The summed E-state index contributed by atoms with van der Waals surface area (Å²) < 4.78 is 10.8. The first-order chi connectivity index (χ1) is 7.99. The summed E-state index contributed by atoms with van der Waals surface area (Å²) in [4.78, 5) is 2.36. The zero-order valence-electron chi connectivity index (χ0n) is 12.0. The molecule has 0 saturated carbocycles. The van der Waals surface area contributed by atoms with Crippen LogP contribution < -0.4 is 5.73 Å². The lowest BCUT2D eigenvalue weighted by molar-refractivity contribution is 0.0800. The van der Waals surface area contributed by atoms with Gasteiger partial charge in [-0.15, -0.1) is 0 Å². The molecule has 17 heavy (non-hydrogen) atoms. The minimum atomic E-state index is -0.102. The molecule has 0 rings (SSSR count). The number of rotatable bonds is 11. The molecule has 0 fully saturated rings. The van der Waals surface area contributed by atoms with Gasteiger partial charge < -0.3 is 15.2 Å². The van der Waals surface area contributed by atoms with Crippen molar-refractivity contribution < 1.29 is 9.47 Å². The van der Waals surface area contributed by atoms with Gasteiger partial charge in [0, 0.05) is 38.4 Å². The van der Waals surface area contributed by atoms with Crippen molar-refractivity contribution in [2.75, 3.05) is 46.1 Å². The number of hydrogen-bond acceptors (Lipinski definition) is 4. The van der Waals surface area contributed by atoms with Crippen LogP contribution in [0.5, 0.6) is 0 Å². The summed E-state index contributed by atoms with van der Waals surface area (Å²) in [5.41, 5.74) is 5.90. The van der Waals surface area contributed by atoms with E-state index in [2.05, 4.69) is 18.7 Å².